The number of thiophene rings is 1. The first-order valence-electron chi connectivity index (χ1n) is 10.1. The van der Waals surface area contributed by atoms with E-state index >= 15 is 0 Å². The molecule has 2 aromatic rings. The van der Waals surface area contributed by atoms with Crippen LogP contribution in [0.1, 0.15) is 49.3 Å². The van der Waals surface area contributed by atoms with E-state index in [1.807, 2.05) is 6.07 Å². The smallest absolute Gasteiger partial charge is 0.162 e. The molecule has 0 saturated heterocycles. The molecular formula is C24H24FN3OS. The van der Waals surface area contributed by atoms with E-state index in [2.05, 4.69) is 32.9 Å². The summed E-state index contributed by atoms with van der Waals surface area (Å²) < 4.78 is 13.6. The van der Waals surface area contributed by atoms with Crippen molar-refractivity contribution in [2.24, 2.45) is 11.1 Å². The molecule has 1 unspecified atom stereocenters. The third kappa shape index (κ3) is 3.33. The summed E-state index contributed by atoms with van der Waals surface area (Å²) in [5.74, 6) is -0.443. The van der Waals surface area contributed by atoms with Crippen LogP contribution in [0.5, 0.6) is 0 Å². The van der Waals surface area contributed by atoms with Gasteiger partial charge in [-0.25, -0.2) is 4.39 Å². The molecule has 1 aromatic heterocycles. The molecule has 0 saturated carbocycles. The minimum absolute atomic E-state index is 0.0464. The van der Waals surface area contributed by atoms with Crippen LogP contribution >= 0.6 is 11.3 Å². The van der Waals surface area contributed by atoms with Gasteiger partial charge in [0.1, 0.15) is 11.6 Å². The maximum Gasteiger partial charge on any atom is 0.162 e. The Hall–Kier alpha value is -2.91. The van der Waals surface area contributed by atoms with Crippen LogP contribution < -0.4 is 10.6 Å². The van der Waals surface area contributed by atoms with E-state index in [0.717, 1.165) is 17.0 Å². The molecule has 1 aliphatic carbocycles. The quantitative estimate of drug-likeness (QED) is 0.721. The molecule has 154 valence electrons. The van der Waals surface area contributed by atoms with E-state index < -0.39 is 5.92 Å². The van der Waals surface area contributed by atoms with Crippen molar-refractivity contribution in [2.75, 3.05) is 4.90 Å². The summed E-state index contributed by atoms with van der Waals surface area (Å²) in [7, 11) is 0. The number of nitriles is 1. The van der Waals surface area contributed by atoms with Crippen LogP contribution in [0, 0.1) is 22.6 Å². The van der Waals surface area contributed by atoms with Gasteiger partial charge in [0.05, 0.1) is 17.6 Å². The number of allylic oxidation sites excluding steroid dienone is 3. The Bertz CT molecular complexity index is 1120. The lowest BCUT2D eigenvalue weighted by Crippen LogP contribution is -2.42. The second-order valence-electron chi connectivity index (χ2n) is 8.61. The molecule has 1 atom stereocenters. The summed E-state index contributed by atoms with van der Waals surface area (Å²) in [6, 6.07) is 12.3. The van der Waals surface area contributed by atoms with Crippen LogP contribution in [-0.2, 0) is 11.2 Å². The lowest BCUT2D eigenvalue weighted by molar-refractivity contribution is -0.118. The summed E-state index contributed by atoms with van der Waals surface area (Å²) in [4.78, 5) is 17.3. The predicted molar refractivity (Wildman–Crippen MR) is 117 cm³/mol. The van der Waals surface area contributed by atoms with Crippen molar-refractivity contribution in [1.29, 1.82) is 5.26 Å². The Kier molecular flexibility index (Phi) is 5.03. The molecule has 1 aliphatic heterocycles. The third-order valence-corrected chi connectivity index (χ3v) is 7.08. The fraction of sp³-hybridized carbons (Fsp3) is 0.333. The first-order valence-corrected chi connectivity index (χ1v) is 10.9. The molecule has 0 amide bonds. The molecule has 4 nitrogen and oxygen atoms in total. The maximum atomic E-state index is 13.6. The lowest BCUT2D eigenvalue weighted by atomic mass is 9.69. The van der Waals surface area contributed by atoms with Gasteiger partial charge < -0.3 is 5.73 Å². The van der Waals surface area contributed by atoms with Crippen molar-refractivity contribution in [1.82, 2.24) is 0 Å². The van der Waals surface area contributed by atoms with E-state index in [1.54, 1.807) is 28.4 Å². The zero-order valence-electron chi connectivity index (χ0n) is 17.3. The van der Waals surface area contributed by atoms with Crippen LogP contribution in [0.3, 0.4) is 0 Å². The van der Waals surface area contributed by atoms with E-state index in [-0.39, 0.29) is 17.0 Å². The normalized spacial score (nSPS) is 21.0. The Morgan fingerprint density at radius 2 is 1.93 bits per heavy atom. The highest BCUT2D eigenvalue weighted by Crippen LogP contribution is 2.51. The zero-order chi connectivity index (χ0) is 21.6. The Balaban J connectivity index is 1.97. The number of nitrogens with zero attached hydrogens (tertiary/aromatic N) is 2. The second-order valence-corrected chi connectivity index (χ2v) is 9.81. The summed E-state index contributed by atoms with van der Waals surface area (Å²) in [6.45, 7) is 6.21. The lowest BCUT2D eigenvalue weighted by Gasteiger charge is -2.43. The van der Waals surface area contributed by atoms with Gasteiger partial charge >= 0.3 is 0 Å². The molecule has 6 heteroatoms. The third-order valence-electron chi connectivity index (χ3n) is 5.78. The molecule has 0 spiro atoms. The number of ketones is 1. The van der Waals surface area contributed by atoms with Crippen LogP contribution in [-0.4, -0.2) is 5.78 Å². The summed E-state index contributed by atoms with van der Waals surface area (Å²) in [6.07, 6.45) is 1.96. The standard InChI is InChI=1S/C24H24FN3OS/c1-4-16-9-10-20(30-16)21-17(13-26)23(27)28(15-7-5-14(25)6-8-15)18-11-24(2,3)12-19(29)22(18)21/h5-10,21H,4,11-12,27H2,1-3H3. The Morgan fingerprint density at radius 3 is 2.53 bits per heavy atom. The highest BCUT2D eigenvalue weighted by Gasteiger charge is 2.45. The number of hydrogen-bond donors (Lipinski definition) is 1. The van der Waals surface area contributed by atoms with E-state index in [1.165, 1.54) is 17.0 Å². The molecule has 4 rings (SSSR count). The first kappa shape index (κ1) is 20.4. The highest BCUT2D eigenvalue weighted by molar-refractivity contribution is 7.12. The minimum atomic E-state index is -0.449. The molecule has 30 heavy (non-hydrogen) atoms. The minimum Gasteiger partial charge on any atom is -0.384 e. The number of rotatable bonds is 3. The number of benzene rings is 1. The van der Waals surface area contributed by atoms with Crippen LogP contribution in [0.4, 0.5) is 10.1 Å². The average Bonchev–Trinajstić information content (AvgIpc) is 3.16. The first-order chi connectivity index (χ1) is 14.3. The van der Waals surface area contributed by atoms with Crippen molar-refractivity contribution >= 4 is 22.8 Å². The fourth-order valence-electron chi connectivity index (χ4n) is 4.42. The largest absolute Gasteiger partial charge is 0.384 e. The van der Waals surface area contributed by atoms with E-state index in [4.69, 9.17) is 5.73 Å². The summed E-state index contributed by atoms with van der Waals surface area (Å²) in [5.41, 5.74) is 8.82. The number of anilines is 1. The summed E-state index contributed by atoms with van der Waals surface area (Å²) >= 11 is 1.62. The van der Waals surface area contributed by atoms with Crippen molar-refractivity contribution in [3.8, 4) is 6.07 Å². The molecule has 2 heterocycles. The Morgan fingerprint density at radius 1 is 1.23 bits per heavy atom. The number of carbonyl (C=O) groups is 1. The van der Waals surface area contributed by atoms with Gasteiger partial charge in [0.25, 0.3) is 0 Å². The molecular weight excluding hydrogens is 397 g/mol. The number of halogens is 1. The molecule has 0 bridgehead atoms. The molecule has 0 radical (unpaired) electrons. The fourth-order valence-corrected chi connectivity index (χ4v) is 5.49. The summed E-state index contributed by atoms with van der Waals surface area (Å²) in [5, 5.41) is 10.0. The van der Waals surface area contributed by atoms with Crippen molar-refractivity contribution < 1.29 is 9.18 Å². The average molecular weight is 422 g/mol. The number of aryl methyl sites for hydroxylation is 1. The van der Waals surface area contributed by atoms with Gasteiger partial charge in [-0.1, -0.05) is 20.8 Å². The Labute approximate surface area is 180 Å². The van der Waals surface area contributed by atoms with Gasteiger partial charge in [-0.3, -0.25) is 9.69 Å². The van der Waals surface area contributed by atoms with Crippen molar-refractivity contribution in [2.45, 2.75) is 46.0 Å². The number of hydrogen-bond acceptors (Lipinski definition) is 5. The van der Waals surface area contributed by atoms with Gasteiger partial charge in [0, 0.05) is 33.1 Å². The second kappa shape index (κ2) is 7.41. The van der Waals surface area contributed by atoms with Crippen LogP contribution in [0.2, 0.25) is 0 Å². The maximum absolute atomic E-state index is 13.6. The number of carbonyl (C=O) groups excluding carboxylic acids is 1. The number of nitrogens with two attached hydrogens (primary N) is 1. The topological polar surface area (TPSA) is 70.1 Å². The van der Waals surface area contributed by atoms with Crippen molar-refractivity contribution in [3.63, 3.8) is 0 Å². The molecule has 1 aromatic carbocycles. The van der Waals surface area contributed by atoms with Crippen molar-refractivity contribution in [3.05, 3.63) is 74.6 Å². The molecule has 0 fully saturated rings. The molecule has 2 N–H and O–H groups in total. The van der Waals surface area contributed by atoms with Gasteiger partial charge in [0.15, 0.2) is 5.78 Å². The monoisotopic (exact) mass is 421 g/mol. The zero-order valence-corrected chi connectivity index (χ0v) is 18.1. The van der Waals surface area contributed by atoms with Gasteiger partial charge in [0.2, 0.25) is 0 Å². The predicted octanol–water partition coefficient (Wildman–Crippen LogP) is 5.39. The molecule has 2 aliphatic rings. The van der Waals surface area contributed by atoms with E-state index in [9.17, 15) is 14.4 Å². The van der Waals surface area contributed by atoms with E-state index in [0.29, 0.717) is 35.5 Å². The number of Topliss-reactive ketones (excluding diaryl/α,β-unsaturated/α-hetero) is 1. The van der Waals surface area contributed by atoms with Crippen LogP contribution in [0.25, 0.3) is 0 Å². The van der Waals surface area contributed by atoms with Gasteiger partial charge in [-0.2, -0.15) is 5.26 Å². The van der Waals surface area contributed by atoms with Gasteiger partial charge in [-0.15, -0.1) is 11.3 Å². The van der Waals surface area contributed by atoms with Gasteiger partial charge in [-0.05, 0) is 54.7 Å². The highest BCUT2D eigenvalue weighted by atomic mass is 32.1. The van der Waals surface area contributed by atoms with Crippen LogP contribution in [0.15, 0.2) is 59.1 Å². The SMILES string of the molecule is CCc1ccc(C2C(C#N)=C(N)N(c3ccc(F)cc3)C3=C2C(=O)CC(C)(C)C3)s1.